The molecule has 2 aliphatic rings. The maximum atomic E-state index is 12.2. The van der Waals surface area contributed by atoms with Crippen molar-refractivity contribution >= 4 is 42.0 Å². The molecule has 2 fully saturated rings. The van der Waals surface area contributed by atoms with Gasteiger partial charge in [0.25, 0.3) is 0 Å². The summed E-state index contributed by atoms with van der Waals surface area (Å²) >= 11 is 0. The van der Waals surface area contributed by atoms with E-state index in [-0.39, 0.29) is 47.9 Å². The monoisotopic (exact) mass is 538 g/mol. The molecule has 0 bridgehead atoms. The molecular weight excluding hydrogens is 499 g/mol. The second kappa shape index (κ2) is 12.0. The van der Waals surface area contributed by atoms with Crippen LogP contribution in [0.2, 0.25) is 0 Å². The van der Waals surface area contributed by atoms with Crippen LogP contribution in [-0.4, -0.2) is 79.8 Å². The summed E-state index contributed by atoms with van der Waals surface area (Å²) in [6.07, 6.45) is 1.61. The van der Waals surface area contributed by atoms with E-state index in [9.17, 15) is 9.59 Å². The number of carbonyl (C=O) groups excluding carboxylic acids is 2. The Morgan fingerprint density at radius 2 is 1.77 bits per heavy atom. The smallest absolute Gasteiger partial charge is 0.410 e. The van der Waals surface area contributed by atoms with E-state index in [1.54, 1.807) is 4.90 Å². The number of esters is 1. The minimum Gasteiger partial charge on any atom is -0.469 e. The maximum Gasteiger partial charge on any atom is 0.410 e. The fraction of sp³-hybridized carbons (Fsp3) is 0.857. The topological polar surface area (TPSA) is 83.5 Å². The van der Waals surface area contributed by atoms with Crippen LogP contribution in [0.15, 0.2) is 4.99 Å². The number of ether oxygens (including phenoxy) is 2. The van der Waals surface area contributed by atoms with E-state index < -0.39 is 5.60 Å². The molecule has 9 heteroatoms. The molecule has 0 aromatic rings. The number of piperidine rings is 1. The molecule has 2 heterocycles. The first-order valence-corrected chi connectivity index (χ1v) is 10.7. The fourth-order valence-electron chi connectivity index (χ4n) is 3.86. The molecule has 2 rings (SSSR count). The fourth-order valence-corrected chi connectivity index (χ4v) is 3.86. The Kier molecular flexibility index (Phi) is 10.7. The lowest BCUT2D eigenvalue weighted by molar-refractivity contribution is -0.146. The van der Waals surface area contributed by atoms with Crippen LogP contribution in [0.5, 0.6) is 0 Å². The van der Waals surface area contributed by atoms with Crippen molar-refractivity contribution in [3.8, 4) is 0 Å². The molecule has 174 valence electrons. The SMILES string of the molecule is CCNC(=NCC1CCN(C(=O)OC(C)(C)C)CC1)N1CC(C)C(C(=O)OC)C1.I. The highest BCUT2D eigenvalue weighted by molar-refractivity contribution is 14.0. The summed E-state index contributed by atoms with van der Waals surface area (Å²) < 4.78 is 10.4. The average molecular weight is 538 g/mol. The van der Waals surface area contributed by atoms with Crippen molar-refractivity contribution in [3.05, 3.63) is 0 Å². The van der Waals surface area contributed by atoms with Crippen molar-refractivity contribution in [2.75, 3.05) is 46.4 Å². The molecule has 0 aromatic carbocycles. The van der Waals surface area contributed by atoms with Crippen LogP contribution in [0.3, 0.4) is 0 Å². The highest BCUT2D eigenvalue weighted by Crippen LogP contribution is 2.25. The Bertz CT molecular complexity index is 600. The van der Waals surface area contributed by atoms with Crippen molar-refractivity contribution in [3.63, 3.8) is 0 Å². The van der Waals surface area contributed by atoms with Crippen molar-refractivity contribution < 1.29 is 19.1 Å². The number of likely N-dealkylation sites (tertiary alicyclic amines) is 2. The molecule has 1 N–H and O–H groups in total. The number of hydrogen-bond acceptors (Lipinski definition) is 5. The van der Waals surface area contributed by atoms with E-state index in [0.29, 0.717) is 25.6 Å². The van der Waals surface area contributed by atoms with Gasteiger partial charge in [-0.1, -0.05) is 6.92 Å². The van der Waals surface area contributed by atoms with E-state index in [1.165, 1.54) is 7.11 Å². The van der Waals surface area contributed by atoms with Crippen molar-refractivity contribution in [1.29, 1.82) is 0 Å². The molecule has 30 heavy (non-hydrogen) atoms. The predicted molar refractivity (Wildman–Crippen MR) is 128 cm³/mol. The van der Waals surface area contributed by atoms with Crippen LogP contribution >= 0.6 is 24.0 Å². The van der Waals surface area contributed by atoms with Crippen LogP contribution in [0.4, 0.5) is 4.79 Å². The van der Waals surface area contributed by atoms with E-state index in [2.05, 4.69) is 17.1 Å². The second-order valence-corrected chi connectivity index (χ2v) is 9.12. The molecule has 2 aliphatic heterocycles. The van der Waals surface area contributed by atoms with E-state index in [1.807, 2.05) is 27.7 Å². The minimum atomic E-state index is -0.464. The molecule has 0 spiro atoms. The Labute approximate surface area is 198 Å². The van der Waals surface area contributed by atoms with E-state index >= 15 is 0 Å². The summed E-state index contributed by atoms with van der Waals surface area (Å²) in [4.78, 5) is 33.0. The maximum absolute atomic E-state index is 12.2. The van der Waals surface area contributed by atoms with Gasteiger partial charge in [-0.25, -0.2) is 4.79 Å². The summed E-state index contributed by atoms with van der Waals surface area (Å²) in [7, 11) is 1.45. The Morgan fingerprint density at radius 3 is 2.30 bits per heavy atom. The highest BCUT2D eigenvalue weighted by Gasteiger charge is 2.37. The predicted octanol–water partition coefficient (Wildman–Crippen LogP) is 2.96. The second-order valence-electron chi connectivity index (χ2n) is 9.12. The number of carbonyl (C=O) groups is 2. The average Bonchev–Trinajstić information content (AvgIpc) is 3.05. The van der Waals surface area contributed by atoms with Crippen molar-refractivity contribution in [2.45, 2.75) is 53.1 Å². The number of aliphatic imine (C=N–C) groups is 1. The van der Waals surface area contributed by atoms with Gasteiger partial charge in [0.2, 0.25) is 0 Å². The standard InChI is InChI=1S/C21H38N4O4.HI/c1-7-22-19(25-13-15(2)17(14-25)18(26)28-6)23-12-16-8-10-24(11-9-16)20(27)29-21(3,4)5;/h15-17H,7-14H2,1-6H3,(H,22,23);1H. The van der Waals surface area contributed by atoms with Crippen LogP contribution in [0.1, 0.15) is 47.5 Å². The van der Waals surface area contributed by atoms with Crippen LogP contribution in [-0.2, 0) is 14.3 Å². The quantitative estimate of drug-likeness (QED) is 0.257. The van der Waals surface area contributed by atoms with Gasteiger partial charge in [0.05, 0.1) is 13.0 Å². The number of amides is 1. The van der Waals surface area contributed by atoms with Crippen molar-refractivity contribution in [1.82, 2.24) is 15.1 Å². The summed E-state index contributed by atoms with van der Waals surface area (Å²) in [5.74, 6) is 1.29. The molecule has 0 saturated carbocycles. The van der Waals surface area contributed by atoms with Gasteiger partial charge in [-0.2, -0.15) is 0 Å². The molecule has 8 nitrogen and oxygen atoms in total. The first kappa shape index (κ1) is 26.8. The minimum absolute atomic E-state index is 0. The van der Waals surface area contributed by atoms with Crippen LogP contribution in [0.25, 0.3) is 0 Å². The van der Waals surface area contributed by atoms with Gasteiger partial charge in [-0.3, -0.25) is 9.79 Å². The number of hydrogen-bond donors (Lipinski definition) is 1. The normalized spacial score (nSPS) is 23.1. The van der Waals surface area contributed by atoms with E-state index in [0.717, 1.165) is 38.4 Å². The number of rotatable bonds is 4. The summed E-state index contributed by atoms with van der Waals surface area (Å²) in [6, 6.07) is 0. The molecule has 2 saturated heterocycles. The Balaban J connectivity index is 0.00000450. The molecule has 2 atom stereocenters. The lowest BCUT2D eigenvalue weighted by atomic mass is 9.97. The van der Waals surface area contributed by atoms with Gasteiger partial charge >= 0.3 is 12.1 Å². The molecule has 1 amide bonds. The zero-order valence-electron chi connectivity index (χ0n) is 19.3. The van der Waals surface area contributed by atoms with Gasteiger partial charge in [0.15, 0.2) is 5.96 Å². The molecule has 0 aliphatic carbocycles. The summed E-state index contributed by atoms with van der Waals surface area (Å²) in [5, 5.41) is 3.35. The zero-order valence-corrected chi connectivity index (χ0v) is 21.6. The van der Waals surface area contributed by atoms with Gasteiger partial charge in [-0.15, -0.1) is 24.0 Å². The van der Waals surface area contributed by atoms with Crippen LogP contribution in [0, 0.1) is 17.8 Å². The Morgan fingerprint density at radius 1 is 1.13 bits per heavy atom. The third-order valence-electron chi connectivity index (χ3n) is 5.52. The zero-order chi connectivity index (χ0) is 21.6. The van der Waals surface area contributed by atoms with Gasteiger partial charge in [0.1, 0.15) is 5.60 Å². The summed E-state index contributed by atoms with van der Waals surface area (Å²) in [5.41, 5.74) is -0.464. The number of nitrogens with zero attached hydrogens (tertiary/aromatic N) is 3. The molecule has 2 unspecified atom stereocenters. The number of guanidine groups is 1. The van der Waals surface area contributed by atoms with Crippen LogP contribution < -0.4 is 5.32 Å². The third kappa shape index (κ3) is 7.77. The van der Waals surface area contributed by atoms with Gasteiger partial charge in [-0.05, 0) is 52.4 Å². The number of nitrogens with one attached hydrogen (secondary N) is 1. The first-order chi connectivity index (χ1) is 13.6. The molecular formula is C21H39IN4O4. The molecule has 0 radical (unpaired) electrons. The Hall–Kier alpha value is -1.26. The largest absolute Gasteiger partial charge is 0.469 e. The highest BCUT2D eigenvalue weighted by atomic mass is 127. The van der Waals surface area contributed by atoms with Gasteiger partial charge in [0, 0.05) is 39.3 Å². The first-order valence-electron chi connectivity index (χ1n) is 10.7. The van der Waals surface area contributed by atoms with Crippen molar-refractivity contribution in [2.24, 2.45) is 22.7 Å². The third-order valence-corrected chi connectivity index (χ3v) is 5.52. The molecule has 0 aromatic heterocycles. The summed E-state index contributed by atoms with van der Waals surface area (Å²) in [6.45, 7) is 14.1. The number of methoxy groups -OCH3 is 1. The lowest BCUT2D eigenvalue weighted by Crippen LogP contribution is -2.43. The lowest BCUT2D eigenvalue weighted by Gasteiger charge is -2.33. The van der Waals surface area contributed by atoms with Gasteiger partial charge < -0.3 is 24.6 Å². The van der Waals surface area contributed by atoms with E-state index in [4.69, 9.17) is 14.5 Å². The number of halogens is 1.